The summed E-state index contributed by atoms with van der Waals surface area (Å²) in [6.45, 7) is 2.12. The van der Waals surface area contributed by atoms with Gasteiger partial charge in [0.1, 0.15) is 6.17 Å². The zero-order valence-electron chi connectivity index (χ0n) is 11.0. The maximum Gasteiger partial charge on any atom is 0.103 e. The van der Waals surface area contributed by atoms with Gasteiger partial charge in [0.2, 0.25) is 0 Å². The molecule has 98 valence electrons. The average molecular weight is 253 g/mol. The summed E-state index contributed by atoms with van der Waals surface area (Å²) >= 11 is 0. The summed E-state index contributed by atoms with van der Waals surface area (Å²) in [7, 11) is 0. The molecule has 3 heteroatoms. The minimum atomic E-state index is 0.164. The van der Waals surface area contributed by atoms with Gasteiger partial charge >= 0.3 is 0 Å². The quantitative estimate of drug-likeness (QED) is 0.756. The molecule has 0 bridgehead atoms. The van der Waals surface area contributed by atoms with E-state index in [0.717, 1.165) is 0 Å². The van der Waals surface area contributed by atoms with Crippen LogP contribution in [0.3, 0.4) is 0 Å². The van der Waals surface area contributed by atoms with Gasteiger partial charge in [0.05, 0.1) is 12.1 Å². The summed E-state index contributed by atoms with van der Waals surface area (Å²) in [6, 6.07) is 11.1. The highest BCUT2D eigenvalue weighted by Gasteiger charge is 2.25. The monoisotopic (exact) mass is 253 g/mol. The normalized spacial score (nSPS) is 29.3. The summed E-state index contributed by atoms with van der Waals surface area (Å²) in [6.07, 6.45) is 10.7. The largest absolute Gasteiger partial charge is 0.383 e. The van der Waals surface area contributed by atoms with E-state index in [-0.39, 0.29) is 12.2 Å². The highest BCUT2D eigenvalue weighted by atomic mass is 15.2. The first-order valence-electron chi connectivity index (χ1n) is 6.68. The van der Waals surface area contributed by atoms with Gasteiger partial charge in [0, 0.05) is 5.70 Å². The van der Waals surface area contributed by atoms with E-state index in [1.54, 1.807) is 0 Å². The predicted octanol–water partition coefficient (Wildman–Crippen LogP) is 2.19. The highest BCUT2D eigenvalue weighted by Crippen LogP contribution is 2.18. The third kappa shape index (κ3) is 2.71. The van der Waals surface area contributed by atoms with Gasteiger partial charge in [-0.1, -0.05) is 42.5 Å². The molecule has 3 rings (SSSR count). The van der Waals surface area contributed by atoms with Crippen LogP contribution in [0, 0.1) is 0 Å². The van der Waals surface area contributed by atoms with Crippen molar-refractivity contribution in [3.63, 3.8) is 0 Å². The fourth-order valence-electron chi connectivity index (χ4n) is 2.54. The van der Waals surface area contributed by atoms with E-state index in [2.05, 4.69) is 65.4 Å². The number of benzene rings is 1. The molecule has 3 N–H and O–H groups in total. The molecular weight excluding hydrogens is 234 g/mol. The van der Waals surface area contributed by atoms with E-state index in [4.69, 9.17) is 0 Å². The van der Waals surface area contributed by atoms with Crippen molar-refractivity contribution in [2.75, 3.05) is 0 Å². The predicted molar refractivity (Wildman–Crippen MR) is 78.2 cm³/mol. The van der Waals surface area contributed by atoms with Crippen LogP contribution in [0.15, 0.2) is 66.5 Å². The maximum atomic E-state index is 3.63. The lowest BCUT2D eigenvalue weighted by Gasteiger charge is -2.35. The van der Waals surface area contributed by atoms with E-state index in [9.17, 15) is 0 Å². The SMILES string of the molecule is CC1=CC(C2C=CC=CN2)NC(c2ccccc2)N1. The van der Waals surface area contributed by atoms with Gasteiger partial charge in [0.25, 0.3) is 0 Å². The molecule has 19 heavy (non-hydrogen) atoms. The van der Waals surface area contributed by atoms with Crippen molar-refractivity contribution in [1.82, 2.24) is 16.0 Å². The average Bonchev–Trinajstić information content (AvgIpc) is 2.48. The second kappa shape index (κ2) is 5.33. The fraction of sp³-hybridized carbons (Fsp3) is 0.250. The molecule has 0 aromatic heterocycles. The van der Waals surface area contributed by atoms with Crippen LogP contribution in [0.25, 0.3) is 0 Å². The van der Waals surface area contributed by atoms with Crippen LogP contribution >= 0.6 is 0 Å². The Labute approximate surface area is 114 Å². The molecule has 0 saturated heterocycles. The maximum absolute atomic E-state index is 3.63. The molecule has 0 fully saturated rings. The van der Waals surface area contributed by atoms with Gasteiger partial charge in [-0.3, -0.25) is 5.32 Å². The summed E-state index contributed by atoms with van der Waals surface area (Å²) in [5.41, 5.74) is 2.47. The van der Waals surface area contributed by atoms with Gasteiger partial charge in [-0.15, -0.1) is 0 Å². The molecule has 0 spiro atoms. The molecule has 1 aromatic carbocycles. The molecule has 1 aromatic rings. The van der Waals surface area contributed by atoms with Crippen LogP contribution in [0.1, 0.15) is 18.7 Å². The van der Waals surface area contributed by atoms with Crippen LogP contribution in [0.4, 0.5) is 0 Å². The Morgan fingerprint density at radius 1 is 1.00 bits per heavy atom. The molecule has 3 unspecified atom stereocenters. The van der Waals surface area contributed by atoms with Gasteiger partial charge in [-0.05, 0) is 30.8 Å². The Morgan fingerprint density at radius 2 is 1.84 bits per heavy atom. The molecule has 3 nitrogen and oxygen atoms in total. The molecule has 0 radical (unpaired) electrons. The first-order valence-corrected chi connectivity index (χ1v) is 6.68. The van der Waals surface area contributed by atoms with Crippen molar-refractivity contribution in [3.8, 4) is 0 Å². The van der Waals surface area contributed by atoms with E-state index in [1.165, 1.54) is 11.3 Å². The third-order valence-corrected chi connectivity index (χ3v) is 3.49. The van der Waals surface area contributed by atoms with Crippen molar-refractivity contribution in [2.45, 2.75) is 25.2 Å². The van der Waals surface area contributed by atoms with Gasteiger partial charge in [0.15, 0.2) is 0 Å². The lowest BCUT2D eigenvalue weighted by Crippen LogP contribution is -2.52. The first kappa shape index (κ1) is 12.1. The van der Waals surface area contributed by atoms with Gasteiger partial charge in [-0.2, -0.15) is 0 Å². The standard InChI is InChI=1S/C16H19N3/c1-12-11-15(14-9-5-6-10-17-14)19-16(18-12)13-7-3-2-4-8-13/h2-11,14-19H,1H3. The van der Waals surface area contributed by atoms with Crippen LogP contribution in [0.2, 0.25) is 0 Å². The van der Waals surface area contributed by atoms with Crippen LogP contribution in [0.5, 0.6) is 0 Å². The van der Waals surface area contributed by atoms with Crippen molar-refractivity contribution in [2.24, 2.45) is 0 Å². The Kier molecular flexibility index (Phi) is 3.38. The Bertz CT molecular complexity index is 516. The molecule has 3 atom stereocenters. The molecule has 2 aliphatic rings. The van der Waals surface area contributed by atoms with E-state index < -0.39 is 0 Å². The molecular formula is C16H19N3. The summed E-state index contributed by atoms with van der Waals surface area (Å²) in [4.78, 5) is 0. The van der Waals surface area contributed by atoms with Crippen molar-refractivity contribution in [3.05, 3.63) is 72.1 Å². The topological polar surface area (TPSA) is 36.1 Å². The van der Waals surface area contributed by atoms with Crippen LogP contribution < -0.4 is 16.0 Å². The van der Waals surface area contributed by atoms with E-state index >= 15 is 0 Å². The molecule has 0 amide bonds. The summed E-state index contributed by atoms with van der Waals surface area (Å²) < 4.78 is 0. The summed E-state index contributed by atoms with van der Waals surface area (Å²) in [5.74, 6) is 0. The van der Waals surface area contributed by atoms with Crippen molar-refractivity contribution in [1.29, 1.82) is 0 Å². The first-order chi connectivity index (χ1) is 9.33. The van der Waals surface area contributed by atoms with E-state index in [0.29, 0.717) is 6.04 Å². The molecule has 2 aliphatic heterocycles. The smallest absolute Gasteiger partial charge is 0.103 e. The number of hydrogen-bond acceptors (Lipinski definition) is 3. The number of dihydropyridines is 1. The number of hydrogen-bond donors (Lipinski definition) is 3. The van der Waals surface area contributed by atoms with Crippen molar-refractivity contribution >= 4 is 0 Å². The third-order valence-electron chi connectivity index (χ3n) is 3.49. The number of allylic oxidation sites excluding steroid dienone is 3. The minimum absolute atomic E-state index is 0.164. The highest BCUT2D eigenvalue weighted by molar-refractivity contribution is 5.26. The summed E-state index contributed by atoms with van der Waals surface area (Å²) in [5, 5.41) is 10.5. The van der Waals surface area contributed by atoms with Gasteiger partial charge < -0.3 is 10.6 Å². The second-order valence-electron chi connectivity index (χ2n) is 4.97. The minimum Gasteiger partial charge on any atom is -0.383 e. The molecule has 0 aliphatic carbocycles. The Balaban J connectivity index is 1.79. The van der Waals surface area contributed by atoms with E-state index in [1.807, 2.05) is 18.3 Å². The van der Waals surface area contributed by atoms with Crippen LogP contribution in [-0.2, 0) is 0 Å². The van der Waals surface area contributed by atoms with Gasteiger partial charge in [-0.25, -0.2) is 0 Å². The van der Waals surface area contributed by atoms with Crippen LogP contribution in [-0.4, -0.2) is 12.1 Å². The zero-order valence-corrected chi connectivity index (χ0v) is 11.0. The second-order valence-corrected chi connectivity index (χ2v) is 4.97. The zero-order chi connectivity index (χ0) is 13.1. The number of rotatable bonds is 2. The fourth-order valence-corrected chi connectivity index (χ4v) is 2.54. The molecule has 0 saturated carbocycles. The Hall–Kier alpha value is -2.00. The lowest BCUT2D eigenvalue weighted by atomic mass is 10.0. The van der Waals surface area contributed by atoms with Crippen molar-refractivity contribution < 1.29 is 0 Å². The lowest BCUT2D eigenvalue weighted by molar-refractivity contribution is 0.378. The molecule has 2 heterocycles. The Morgan fingerprint density at radius 3 is 2.58 bits per heavy atom. The number of nitrogens with one attached hydrogen (secondary N) is 3.